The van der Waals surface area contributed by atoms with Crippen molar-refractivity contribution in [3.05, 3.63) is 60.2 Å². The number of rotatable bonds is 3. The minimum Gasteiger partial charge on any atom is -0.368 e. The summed E-state index contributed by atoms with van der Waals surface area (Å²) in [5.41, 5.74) is 12.8. The van der Waals surface area contributed by atoms with Gasteiger partial charge in [-0.25, -0.2) is 4.99 Å². The van der Waals surface area contributed by atoms with Gasteiger partial charge >= 0.3 is 0 Å². The first kappa shape index (κ1) is 18.9. The van der Waals surface area contributed by atoms with Crippen LogP contribution in [0.1, 0.15) is 38.2 Å². The van der Waals surface area contributed by atoms with Crippen LogP contribution in [0.5, 0.6) is 0 Å². The first-order chi connectivity index (χ1) is 14.6. The van der Waals surface area contributed by atoms with E-state index in [2.05, 4.69) is 66.5 Å². The average molecular weight is 402 g/mol. The van der Waals surface area contributed by atoms with Crippen molar-refractivity contribution < 1.29 is 4.84 Å². The highest BCUT2D eigenvalue weighted by Crippen LogP contribution is 2.39. The molecular weight excluding hydrogens is 374 g/mol. The second-order valence-electron chi connectivity index (χ2n) is 8.48. The largest absolute Gasteiger partial charge is 0.368 e. The summed E-state index contributed by atoms with van der Waals surface area (Å²) in [5, 5.41) is 6.54. The van der Waals surface area contributed by atoms with Gasteiger partial charge in [0.1, 0.15) is 6.61 Å². The first-order valence-electron chi connectivity index (χ1n) is 10.6. The minimum atomic E-state index is -0.560. The van der Waals surface area contributed by atoms with Crippen LogP contribution in [0.4, 0.5) is 0 Å². The van der Waals surface area contributed by atoms with Crippen LogP contribution in [-0.2, 0) is 11.4 Å². The van der Waals surface area contributed by atoms with Gasteiger partial charge in [0.2, 0.25) is 11.9 Å². The fraction of sp³-hybridized carbons (Fsp3) is 0.333. The van der Waals surface area contributed by atoms with E-state index in [1.165, 1.54) is 21.5 Å². The molecule has 0 amide bonds. The zero-order valence-electron chi connectivity index (χ0n) is 17.2. The summed E-state index contributed by atoms with van der Waals surface area (Å²) in [4.78, 5) is 15.2. The molecule has 5 rings (SSSR count). The van der Waals surface area contributed by atoms with Gasteiger partial charge in [-0.15, -0.1) is 0 Å². The number of hydroxylamine groups is 2. The fourth-order valence-electron chi connectivity index (χ4n) is 4.77. The number of nitrogens with two attached hydrogens (primary N) is 2. The van der Waals surface area contributed by atoms with Gasteiger partial charge in [0.15, 0.2) is 5.66 Å². The molecule has 6 heteroatoms. The second-order valence-corrected chi connectivity index (χ2v) is 8.48. The SMILES string of the molecule is CC1CCC2(CC1)N=C(N)N=C(N)N2OCc1cc2ccccc2c2ccccc12. The number of fused-ring (bicyclic) bond motifs is 3. The summed E-state index contributed by atoms with van der Waals surface area (Å²) in [5.74, 6) is 1.18. The molecule has 2 aliphatic rings. The second kappa shape index (κ2) is 7.29. The molecule has 1 aliphatic heterocycles. The van der Waals surface area contributed by atoms with Crippen LogP contribution in [-0.4, -0.2) is 22.6 Å². The minimum absolute atomic E-state index is 0.234. The molecule has 0 aromatic heterocycles. The van der Waals surface area contributed by atoms with E-state index in [0.717, 1.165) is 31.2 Å². The Morgan fingerprint density at radius 3 is 2.43 bits per heavy atom. The lowest BCUT2D eigenvalue weighted by atomic mass is 9.82. The molecule has 6 nitrogen and oxygen atoms in total. The Kier molecular flexibility index (Phi) is 4.59. The van der Waals surface area contributed by atoms with Crippen LogP contribution >= 0.6 is 0 Å². The van der Waals surface area contributed by atoms with Gasteiger partial charge < -0.3 is 11.5 Å². The van der Waals surface area contributed by atoms with E-state index in [0.29, 0.717) is 12.5 Å². The highest BCUT2D eigenvalue weighted by molar-refractivity contribution is 6.08. The van der Waals surface area contributed by atoms with Crippen LogP contribution in [0, 0.1) is 5.92 Å². The Hall–Kier alpha value is -3.12. The van der Waals surface area contributed by atoms with Crippen molar-refractivity contribution in [1.82, 2.24) is 5.06 Å². The summed E-state index contributed by atoms with van der Waals surface area (Å²) >= 11 is 0. The lowest BCUT2D eigenvalue weighted by Gasteiger charge is -2.45. The molecule has 3 aromatic rings. The molecule has 0 radical (unpaired) electrons. The Labute approximate surface area is 176 Å². The van der Waals surface area contributed by atoms with E-state index in [9.17, 15) is 0 Å². The number of aliphatic imine (C=N–C) groups is 2. The van der Waals surface area contributed by atoms with Gasteiger partial charge in [-0.1, -0.05) is 55.5 Å². The van der Waals surface area contributed by atoms with Crippen molar-refractivity contribution in [2.24, 2.45) is 27.4 Å². The zero-order valence-corrected chi connectivity index (χ0v) is 17.2. The van der Waals surface area contributed by atoms with Crippen molar-refractivity contribution in [3.63, 3.8) is 0 Å². The average Bonchev–Trinajstić information content (AvgIpc) is 2.75. The van der Waals surface area contributed by atoms with Gasteiger partial charge in [-0.2, -0.15) is 10.1 Å². The van der Waals surface area contributed by atoms with Crippen molar-refractivity contribution in [3.8, 4) is 0 Å². The van der Waals surface area contributed by atoms with Crippen LogP contribution < -0.4 is 11.5 Å². The number of nitrogens with zero attached hydrogens (tertiary/aromatic N) is 3. The maximum atomic E-state index is 6.33. The van der Waals surface area contributed by atoms with E-state index >= 15 is 0 Å². The zero-order chi connectivity index (χ0) is 20.7. The van der Waals surface area contributed by atoms with Crippen LogP contribution in [0.3, 0.4) is 0 Å². The molecule has 1 aliphatic carbocycles. The molecule has 3 aromatic carbocycles. The van der Waals surface area contributed by atoms with E-state index in [1.54, 1.807) is 5.06 Å². The predicted octanol–water partition coefficient (Wildman–Crippen LogP) is 4.28. The van der Waals surface area contributed by atoms with Gasteiger partial charge in [-0.3, -0.25) is 4.84 Å². The van der Waals surface area contributed by atoms with Gasteiger partial charge in [0, 0.05) is 0 Å². The first-order valence-corrected chi connectivity index (χ1v) is 10.6. The van der Waals surface area contributed by atoms with Crippen molar-refractivity contribution in [2.75, 3.05) is 0 Å². The number of benzene rings is 3. The maximum Gasteiger partial charge on any atom is 0.226 e. The van der Waals surface area contributed by atoms with E-state index in [1.807, 2.05) is 0 Å². The van der Waals surface area contributed by atoms with Crippen LogP contribution in [0.25, 0.3) is 21.5 Å². The van der Waals surface area contributed by atoms with E-state index in [-0.39, 0.29) is 11.9 Å². The van der Waals surface area contributed by atoms with Crippen LogP contribution in [0.2, 0.25) is 0 Å². The molecule has 0 bridgehead atoms. The fourth-order valence-corrected chi connectivity index (χ4v) is 4.77. The number of hydrogen-bond donors (Lipinski definition) is 2. The topological polar surface area (TPSA) is 89.2 Å². The number of guanidine groups is 2. The molecule has 0 atom stereocenters. The van der Waals surface area contributed by atoms with Crippen molar-refractivity contribution >= 4 is 33.5 Å². The third kappa shape index (κ3) is 3.17. The predicted molar refractivity (Wildman–Crippen MR) is 122 cm³/mol. The lowest BCUT2D eigenvalue weighted by molar-refractivity contribution is -0.187. The molecule has 1 fully saturated rings. The Bertz CT molecular complexity index is 1160. The van der Waals surface area contributed by atoms with Gasteiger partial charge in [0.25, 0.3) is 0 Å². The van der Waals surface area contributed by atoms with Crippen molar-refractivity contribution in [2.45, 2.75) is 44.9 Å². The maximum absolute atomic E-state index is 6.33. The number of hydrogen-bond acceptors (Lipinski definition) is 6. The Balaban J connectivity index is 1.50. The summed E-state index contributed by atoms with van der Waals surface area (Å²) in [6, 6.07) is 19.1. The third-order valence-electron chi connectivity index (χ3n) is 6.42. The molecular formula is C24H27N5O. The molecule has 0 saturated heterocycles. The molecule has 1 spiro atoms. The van der Waals surface area contributed by atoms with Crippen LogP contribution in [0.15, 0.2) is 64.6 Å². The summed E-state index contributed by atoms with van der Waals surface area (Å²) in [6.45, 7) is 2.65. The third-order valence-corrected chi connectivity index (χ3v) is 6.42. The smallest absolute Gasteiger partial charge is 0.226 e. The lowest BCUT2D eigenvalue weighted by Crippen LogP contribution is -2.58. The van der Waals surface area contributed by atoms with E-state index < -0.39 is 5.66 Å². The normalized spacial score (nSPS) is 24.3. The molecule has 1 heterocycles. The molecule has 1 saturated carbocycles. The quantitative estimate of drug-likeness (QED) is 0.641. The molecule has 30 heavy (non-hydrogen) atoms. The standard InChI is InChI=1S/C24H27N5O/c1-16-10-12-24(13-11-16)28-22(25)27-23(26)29(24)30-15-18-14-17-6-2-3-7-19(17)21-9-5-4-8-20(18)21/h2-9,14,16H,10-13,15H2,1H3,(H4,25,26,27,28). The molecule has 154 valence electrons. The molecule has 0 unspecified atom stereocenters. The monoisotopic (exact) mass is 401 g/mol. The van der Waals surface area contributed by atoms with Crippen molar-refractivity contribution in [1.29, 1.82) is 0 Å². The highest BCUT2D eigenvalue weighted by atomic mass is 16.7. The highest BCUT2D eigenvalue weighted by Gasteiger charge is 2.44. The van der Waals surface area contributed by atoms with Gasteiger partial charge in [0.05, 0.1) is 0 Å². The summed E-state index contributed by atoms with van der Waals surface area (Å²) in [7, 11) is 0. The van der Waals surface area contributed by atoms with E-state index in [4.69, 9.17) is 21.3 Å². The Morgan fingerprint density at radius 2 is 1.67 bits per heavy atom. The Morgan fingerprint density at radius 1 is 1.00 bits per heavy atom. The summed E-state index contributed by atoms with van der Waals surface area (Å²) < 4.78 is 0. The summed E-state index contributed by atoms with van der Waals surface area (Å²) in [6.07, 6.45) is 3.82. The molecule has 4 N–H and O–H groups in total. The van der Waals surface area contributed by atoms with Gasteiger partial charge in [-0.05, 0) is 64.8 Å².